The minimum Gasteiger partial charge on any atom is -0.481 e. The van der Waals surface area contributed by atoms with Gasteiger partial charge in [0.2, 0.25) is 5.76 Å². The van der Waals surface area contributed by atoms with Gasteiger partial charge in [-0.1, -0.05) is 47.9 Å². The van der Waals surface area contributed by atoms with E-state index in [2.05, 4.69) is 10.5 Å². The molecule has 3 rings (SSSR count). The van der Waals surface area contributed by atoms with Gasteiger partial charge in [-0.25, -0.2) is 4.39 Å². The van der Waals surface area contributed by atoms with E-state index in [0.717, 1.165) is 5.56 Å². The zero-order chi connectivity index (χ0) is 25.6. The third-order valence-corrected chi connectivity index (χ3v) is 6.27. The number of aromatic nitrogens is 1. The minimum atomic E-state index is -1.26. The number of hydrogen-bond donors (Lipinski definition) is 3. The molecule has 0 radical (unpaired) electrons. The summed E-state index contributed by atoms with van der Waals surface area (Å²) in [6.07, 6.45) is 1.03. The molecule has 1 heterocycles. The standard InChI is InChI=1S/C26H28ClFN2O5/c1-3-19-14-23(35-30-19)24(32)29-20(15-26(2,10-11-31)25(33)34)12-16-4-6-17(7-5-16)21-13-18(27)8-9-22(21)28/h4-9,13-14,20,31H,3,10-12,15H2,1-2H3,(H,29,32)(H,33,34)/t20-,26?/m1/s1. The zero-order valence-corrected chi connectivity index (χ0v) is 20.3. The van der Waals surface area contributed by atoms with Gasteiger partial charge >= 0.3 is 5.97 Å². The van der Waals surface area contributed by atoms with Crippen molar-refractivity contribution in [3.05, 3.63) is 76.4 Å². The van der Waals surface area contributed by atoms with E-state index >= 15 is 0 Å². The first kappa shape index (κ1) is 26.4. The van der Waals surface area contributed by atoms with E-state index in [4.69, 9.17) is 16.1 Å². The lowest BCUT2D eigenvalue weighted by Crippen LogP contribution is -2.43. The topological polar surface area (TPSA) is 113 Å². The van der Waals surface area contributed by atoms with Gasteiger partial charge in [0.05, 0.1) is 11.1 Å². The number of aliphatic carboxylic acids is 1. The SMILES string of the molecule is CCc1cc(C(=O)N[C@H](Cc2ccc(-c3cc(Cl)ccc3F)cc2)CC(C)(CCO)C(=O)O)on1. The highest BCUT2D eigenvalue weighted by molar-refractivity contribution is 6.30. The Morgan fingerprint density at radius 2 is 1.91 bits per heavy atom. The van der Waals surface area contributed by atoms with Crippen molar-refractivity contribution in [2.24, 2.45) is 5.41 Å². The van der Waals surface area contributed by atoms with E-state index in [0.29, 0.717) is 34.7 Å². The number of benzene rings is 2. The number of aliphatic hydroxyl groups excluding tert-OH is 1. The summed E-state index contributed by atoms with van der Waals surface area (Å²) >= 11 is 6.00. The first-order chi connectivity index (χ1) is 16.6. The first-order valence-corrected chi connectivity index (χ1v) is 11.7. The molecule has 2 atom stereocenters. The van der Waals surface area contributed by atoms with Gasteiger partial charge in [0, 0.05) is 29.3 Å². The van der Waals surface area contributed by atoms with Crippen molar-refractivity contribution in [1.29, 1.82) is 0 Å². The highest BCUT2D eigenvalue weighted by Gasteiger charge is 2.36. The van der Waals surface area contributed by atoms with E-state index in [1.165, 1.54) is 12.1 Å². The molecule has 35 heavy (non-hydrogen) atoms. The van der Waals surface area contributed by atoms with E-state index in [-0.39, 0.29) is 25.2 Å². The Bertz CT molecular complexity index is 1180. The van der Waals surface area contributed by atoms with Gasteiger partial charge in [0.15, 0.2) is 0 Å². The molecule has 1 amide bonds. The Morgan fingerprint density at radius 3 is 2.51 bits per heavy atom. The molecule has 0 saturated carbocycles. The zero-order valence-electron chi connectivity index (χ0n) is 19.6. The fraction of sp³-hybridized carbons (Fsp3) is 0.346. The molecule has 9 heteroatoms. The average molecular weight is 503 g/mol. The number of amides is 1. The van der Waals surface area contributed by atoms with Crippen molar-refractivity contribution in [2.45, 2.75) is 45.6 Å². The number of aryl methyl sites for hydroxylation is 1. The maximum absolute atomic E-state index is 14.2. The highest BCUT2D eigenvalue weighted by atomic mass is 35.5. The van der Waals surface area contributed by atoms with Gasteiger partial charge in [0.25, 0.3) is 5.91 Å². The van der Waals surface area contributed by atoms with Crippen molar-refractivity contribution in [1.82, 2.24) is 10.5 Å². The summed E-state index contributed by atoms with van der Waals surface area (Å²) in [5.41, 5.74) is 1.19. The second kappa shape index (κ2) is 11.5. The number of nitrogens with one attached hydrogen (secondary N) is 1. The number of aliphatic hydroxyl groups is 1. The Morgan fingerprint density at radius 1 is 1.20 bits per heavy atom. The predicted octanol–water partition coefficient (Wildman–Crippen LogP) is 4.90. The summed E-state index contributed by atoms with van der Waals surface area (Å²) in [7, 11) is 0. The molecule has 1 unspecified atom stereocenters. The summed E-state index contributed by atoms with van der Waals surface area (Å²) in [5, 5.41) is 26.3. The Kier molecular flexibility index (Phi) is 8.64. The number of rotatable bonds is 11. The molecule has 3 aromatic rings. The summed E-state index contributed by atoms with van der Waals surface area (Å²) in [5.74, 6) is -1.92. The maximum atomic E-state index is 14.2. The number of carboxylic acid groups (broad SMARTS) is 1. The van der Waals surface area contributed by atoms with E-state index in [9.17, 15) is 24.2 Å². The van der Waals surface area contributed by atoms with Crippen LogP contribution in [0.1, 0.15) is 48.5 Å². The number of hydrogen-bond acceptors (Lipinski definition) is 5. The molecular formula is C26H28ClFN2O5. The van der Waals surface area contributed by atoms with Crippen molar-refractivity contribution < 1.29 is 28.7 Å². The van der Waals surface area contributed by atoms with Crippen molar-refractivity contribution in [2.75, 3.05) is 6.61 Å². The smallest absolute Gasteiger partial charge is 0.309 e. The van der Waals surface area contributed by atoms with Crippen LogP contribution in [0.5, 0.6) is 0 Å². The van der Waals surface area contributed by atoms with Crippen LogP contribution >= 0.6 is 11.6 Å². The average Bonchev–Trinajstić information content (AvgIpc) is 3.31. The van der Waals surface area contributed by atoms with Crippen LogP contribution in [0.4, 0.5) is 4.39 Å². The van der Waals surface area contributed by atoms with Crippen LogP contribution in [-0.2, 0) is 17.6 Å². The minimum absolute atomic E-state index is 0.0317. The quantitative estimate of drug-likeness (QED) is 0.344. The van der Waals surface area contributed by atoms with Gasteiger partial charge in [-0.05, 0) is 61.9 Å². The van der Waals surface area contributed by atoms with Crippen LogP contribution in [0.15, 0.2) is 53.1 Å². The molecule has 3 N–H and O–H groups in total. The molecule has 0 spiro atoms. The normalized spacial score (nSPS) is 13.7. The highest BCUT2D eigenvalue weighted by Crippen LogP contribution is 2.30. The van der Waals surface area contributed by atoms with Crippen LogP contribution in [-0.4, -0.2) is 39.9 Å². The first-order valence-electron chi connectivity index (χ1n) is 11.3. The maximum Gasteiger partial charge on any atom is 0.309 e. The number of carbonyl (C=O) groups excluding carboxylic acids is 1. The molecule has 186 valence electrons. The van der Waals surface area contributed by atoms with Crippen LogP contribution in [0.2, 0.25) is 5.02 Å². The van der Waals surface area contributed by atoms with Gasteiger partial charge in [0.1, 0.15) is 5.82 Å². The summed E-state index contributed by atoms with van der Waals surface area (Å²) in [4.78, 5) is 24.8. The molecular weight excluding hydrogens is 475 g/mol. The number of carbonyl (C=O) groups is 2. The monoisotopic (exact) mass is 502 g/mol. The molecule has 2 aromatic carbocycles. The predicted molar refractivity (Wildman–Crippen MR) is 130 cm³/mol. The van der Waals surface area contributed by atoms with Gasteiger partial charge in [-0.2, -0.15) is 0 Å². The lowest BCUT2D eigenvalue weighted by Gasteiger charge is -2.29. The Labute approximate surface area is 207 Å². The Hall–Kier alpha value is -3.23. The lowest BCUT2D eigenvalue weighted by molar-refractivity contribution is -0.149. The largest absolute Gasteiger partial charge is 0.481 e. The number of nitrogens with zero attached hydrogens (tertiary/aromatic N) is 1. The van der Waals surface area contributed by atoms with Crippen LogP contribution in [0.25, 0.3) is 11.1 Å². The van der Waals surface area contributed by atoms with Gasteiger partial charge in [-0.3, -0.25) is 9.59 Å². The summed E-state index contributed by atoms with van der Waals surface area (Å²) < 4.78 is 19.4. The molecule has 0 fully saturated rings. The fourth-order valence-corrected chi connectivity index (χ4v) is 4.10. The van der Waals surface area contributed by atoms with Crippen molar-refractivity contribution in [3.63, 3.8) is 0 Å². The molecule has 0 bridgehead atoms. The van der Waals surface area contributed by atoms with Crippen molar-refractivity contribution >= 4 is 23.5 Å². The lowest BCUT2D eigenvalue weighted by atomic mass is 9.79. The molecule has 0 saturated heterocycles. The van der Waals surface area contributed by atoms with E-state index < -0.39 is 29.2 Å². The number of halogens is 2. The van der Waals surface area contributed by atoms with Crippen molar-refractivity contribution in [3.8, 4) is 11.1 Å². The second-order valence-electron chi connectivity index (χ2n) is 8.78. The molecule has 0 aliphatic carbocycles. The van der Waals surface area contributed by atoms with Gasteiger partial charge < -0.3 is 20.1 Å². The van der Waals surface area contributed by atoms with E-state index in [1.54, 1.807) is 43.3 Å². The molecule has 1 aromatic heterocycles. The molecule has 0 aliphatic heterocycles. The van der Waals surface area contributed by atoms with Crippen LogP contribution in [0.3, 0.4) is 0 Å². The van der Waals surface area contributed by atoms with Crippen LogP contribution in [0, 0.1) is 11.2 Å². The molecule has 7 nitrogen and oxygen atoms in total. The number of carboxylic acids is 1. The third-order valence-electron chi connectivity index (χ3n) is 6.03. The fourth-order valence-electron chi connectivity index (χ4n) is 3.93. The van der Waals surface area contributed by atoms with Crippen LogP contribution < -0.4 is 5.32 Å². The second-order valence-corrected chi connectivity index (χ2v) is 9.21. The Balaban J connectivity index is 1.84. The summed E-state index contributed by atoms with van der Waals surface area (Å²) in [6, 6.07) is 12.4. The third kappa shape index (κ3) is 6.68. The van der Waals surface area contributed by atoms with Gasteiger partial charge in [-0.15, -0.1) is 0 Å². The summed E-state index contributed by atoms with van der Waals surface area (Å²) in [6.45, 7) is 3.12. The van der Waals surface area contributed by atoms with E-state index in [1.807, 2.05) is 6.92 Å². The molecule has 0 aliphatic rings.